The van der Waals surface area contributed by atoms with Crippen LogP contribution in [-0.4, -0.2) is 36.4 Å². The summed E-state index contributed by atoms with van der Waals surface area (Å²) in [6.45, 7) is 4.08. The van der Waals surface area contributed by atoms with E-state index in [1.807, 2.05) is 0 Å². The average molecular weight is 1280 g/mol. The second-order valence-corrected chi connectivity index (χ2v) is 27.5. The maximum atomic E-state index is 12.4. The van der Waals surface area contributed by atoms with Crippen LogP contribution in [-0.2, 0) is 19.1 Å². The van der Waals surface area contributed by atoms with Crippen LogP contribution in [0.15, 0.2) is 97.2 Å². The first-order valence-corrected chi connectivity index (χ1v) is 40.8. The van der Waals surface area contributed by atoms with E-state index in [0.29, 0.717) is 12.8 Å². The molecule has 0 aliphatic carbocycles. The van der Waals surface area contributed by atoms with Crippen LogP contribution in [0.25, 0.3) is 0 Å². The summed E-state index contributed by atoms with van der Waals surface area (Å²) in [5.74, 6) is -0.569. The van der Waals surface area contributed by atoms with Crippen molar-refractivity contribution in [3.63, 3.8) is 0 Å². The monoisotopic (exact) mass is 1280 g/mol. The molecule has 0 heterocycles. The third-order valence-corrected chi connectivity index (χ3v) is 18.4. The Bertz CT molecular complexity index is 1700. The highest BCUT2D eigenvalue weighted by Crippen LogP contribution is 2.20. The Hall–Kier alpha value is -3.18. The molecule has 5 heteroatoms. The van der Waals surface area contributed by atoms with Gasteiger partial charge in [-0.2, -0.15) is 0 Å². The highest BCUT2D eigenvalue weighted by atomic mass is 16.6. The molecule has 0 saturated heterocycles. The second-order valence-electron chi connectivity index (χ2n) is 27.5. The SMILES string of the molecule is CC/C=C\C/C=C\C/C=C\C/C=C\C/C=C\C/C=C\C/C=C\CCCCCCCCCCCCCCCCCCCCCC(=O)OC(CO)COC(=O)CCCCCCCCCCCCCCCCCCCCCCCCCCC/C=C\CCCCCCCCCC. The smallest absolute Gasteiger partial charge is 0.306 e. The summed E-state index contributed by atoms with van der Waals surface area (Å²) in [6.07, 6.45) is 118. The molecule has 1 atom stereocenters. The number of hydrogen-bond acceptors (Lipinski definition) is 5. The van der Waals surface area contributed by atoms with Crippen molar-refractivity contribution in [2.75, 3.05) is 13.2 Å². The fraction of sp³-hybridized carbons (Fsp3) is 0.793. The Balaban J connectivity index is 3.40. The lowest BCUT2D eigenvalue weighted by molar-refractivity contribution is -0.161. The average Bonchev–Trinajstić information content (AvgIpc) is 3.64. The van der Waals surface area contributed by atoms with Gasteiger partial charge in [0.05, 0.1) is 6.61 Å². The van der Waals surface area contributed by atoms with E-state index in [-0.39, 0.29) is 25.2 Å². The number of esters is 2. The number of ether oxygens (including phenoxy) is 2. The fourth-order valence-corrected chi connectivity index (χ4v) is 12.3. The zero-order chi connectivity index (χ0) is 66.1. The van der Waals surface area contributed by atoms with Crippen LogP contribution >= 0.6 is 0 Å². The Morgan fingerprint density at radius 1 is 0.261 bits per heavy atom. The van der Waals surface area contributed by atoms with Crippen molar-refractivity contribution in [2.45, 2.75) is 431 Å². The van der Waals surface area contributed by atoms with Gasteiger partial charge < -0.3 is 14.6 Å². The van der Waals surface area contributed by atoms with Gasteiger partial charge in [0.1, 0.15) is 6.61 Å². The van der Waals surface area contributed by atoms with Crippen LogP contribution in [0.5, 0.6) is 0 Å². The number of hydrogen-bond donors (Lipinski definition) is 1. The minimum atomic E-state index is -0.774. The summed E-state index contributed by atoms with van der Waals surface area (Å²) in [4.78, 5) is 24.7. The highest BCUT2D eigenvalue weighted by molar-refractivity contribution is 5.70. The molecule has 92 heavy (non-hydrogen) atoms. The standard InChI is InChI=1S/C87H156O5/c1-3-5-7-9-11-13-15-17-19-21-23-25-27-29-31-33-35-37-39-41-42-43-44-46-48-50-52-54-56-58-60-62-64-66-68-70-72-74-76-78-80-82-87(90)92-85(83-88)84-91-86(89)81-79-77-75-73-71-69-67-65-63-61-59-57-55-53-51-49-47-45-40-38-36-34-32-30-28-26-24-22-20-18-16-14-12-10-8-6-4-2/h5,7,11,13,17,19,22-25,29,31,35,37,41-42,85,88H,3-4,6,8-10,12,14-16,18,20-21,26-28,30,32-34,36,38-40,43-84H2,1-2H3/b7-5-,13-11-,19-17-,24-22-,25-23-,31-29-,37-35-,42-41-. The van der Waals surface area contributed by atoms with E-state index >= 15 is 0 Å². The molecule has 1 N–H and O–H groups in total. The molecule has 1 unspecified atom stereocenters. The molecule has 0 aromatic rings. The topological polar surface area (TPSA) is 72.8 Å². The second kappa shape index (κ2) is 82.1. The number of carbonyl (C=O) groups excluding carboxylic acids is 2. The Kier molecular flexibility index (Phi) is 79.2. The zero-order valence-corrected chi connectivity index (χ0v) is 61.6. The molecule has 0 rings (SSSR count). The minimum absolute atomic E-state index is 0.0621. The van der Waals surface area contributed by atoms with Gasteiger partial charge in [-0.05, 0) is 96.3 Å². The van der Waals surface area contributed by atoms with Gasteiger partial charge >= 0.3 is 11.9 Å². The van der Waals surface area contributed by atoms with Gasteiger partial charge in [0.25, 0.3) is 0 Å². The predicted octanol–water partition coefficient (Wildman–Crippen LogP) is 28.9. The largest absolute Gasteiger partial charge is 0.462 e. The lowest BCUT2D eigenvalue weighted by Gasteiger charge is -2.15. The van der Waals surface area contributed by atoms with Gasteiger partial charge in [-0.1, -0.05) is 413 Å². The van der Waals surface area contributed by atoms with Crippen molar-refractivity contribution in [3.05, 3.63) is 97.2 Å². The van der Waals surface area contributed by atoms with E-state index in [2.05, 4.69) is 111 Å². The van der Waals surface area contributed by atoms with Gasteiger partial charge in [-0.25, -0.2) is 0 Å². The van der Waals surface area contributed by atoms with E-state index < -0.39 is 6.10 Å². The molecule has 0 aliphatic heterocycles. The van der Waals surface area contributed by atoms with Crippen LogP contribution in [0.1, 0.15) is 425 Å². The third-order valence-electron chi connectivity index (χ3n) is 18.4. The number of aliphatic hydroxyl groups is 1. The van der Waals surface area contributed by atoms with Crippen LogP contribution in [0.2, 0.25) is 0 Å². The molecule has 0 fully saturated rings. The Morgan fingerprint density at radius 3 is 0.717 bits per heavy atom. The van der Waals surface area contributed by atoms with E-state index in [1.165, 1.54) is 315 Å². The summed E-state index contributed by atoms with van der Waals surface area (Å²) in [6, 6.07) is 0. The molecule has 0 radical (unpaired) electrons. The quantitative estimate of drug-likeness (QED) is 0.0373. The van der Waals surface area contributed by atoms with Crippen molar-refractivity contribution >= 4 is 11.9 Å². The molecule has 5 nitrogen and oxygen atoms in total. The molecule has 0 spiro atoms. The summed E-state index contributed by atoms with van der Waals surface area (Å²) in [5, 5.41) is 9.73. The predicted molar refractivity (Wildman–Crippen MR) is 408 cm³/mol. The summed E-state index contributed by atoms with van der Waals surface area (Å²) < 4.78 is 10.8. The van der Waals surface area contributed by atoms with Gasteiger partial charge in [0.15, 0.2) is 6.10 Å². The lowest BCUT2D eigenvalue weighted by Crippen LogP contribution is -2.28. The van der Waals surface area contributed by atoms with Crippen molar-refractivity contribution in [1.29, 1.82) is 0 Å². The van der Waals surface area contributed by atoms with Crippen LogP contribution in [0.4, 0.5) is 0 Å². The summed E-state index contributed by atoms with van der Waals surface area (Å²) in [7, 11) is 0. The van der Waals surface area contributed by atoms with Crippen molar-refractivity contribution in [3.8, 4) is 0 Å². The molecule has 0 aromatic heterocycles. The van der Waals surface area contributed by atoms with Crippen molar-refractivity contribution < 1.29 is 24.2 Å². The zero-order valence-electron chi connectivity index (χ0n) is 61.6. The third kappa shape index (κ3) is 79.3. The number of carbonyl (C=O) groups is 2. The molecule has 534 valence electrons. The molecular weight excluding hydrogens is 1120 g/mol. The highest BCUT2D eigenvalue weighted by Gasteiger charge is 2.16. The first kappa shape index (κ1) is 88.8. The Labute approximate surface area is 574 Å². The molecular formula is C87H156O5. The lowest BCUT2D eigenvalue weighted by atomic mass is 10.0. The maximum Gasteiger partial charge on any atom is 0.306 e. The summed E-state index contributed by atoms with van der Waals surface area (Å²) in [5.41, 5.74) is 0. The van der Waals surface area contributed by atoms with Crippen LogP contribution in [0.3, 0.4) is 0 Å². The number of aliphatic hydroxyl groups excluding tert-OH is 1. The molecule has 0 saturated carbocycles. The van der Waals surface area contributed by atoms with Crippen LogP contribution < -0.4 is 0 Å². The van der Waals surface area contributed by atoms with E-state index in [9.17, 15) is 14.7 Å². The first-order chi connectivity index (χ1) is 45.6. The summed E-state index contributed by atoms with van der Waals surface area (Å²) >= 11 is 0. The molecule has 0 bridgehead atoms. The van der Waals surface area contributed by atoms with Gasteiger partial charge in [0, 0.05) is 12.8 Å². The Morgan fingerprint density at radius 2 is 0.467 bits per heavy atom. The van der Waals surface area contributed by atoms with E-state index in [0.717, 1.165) is 83.5 Å². The van der Waals surface area contributed by atoms with Gasteiger partial charge in [0.2, 0.25) is 0 Å². The molecule has 0 amide bonds. The fourth-order valence-electron chi connectivity index (χ4n) is 12.3. The first-order valence-electron chi connectivity index (χ1n) is 40.8. The van der Waals surface area contributed by atoms with E-state index in [4.69, 9.17) is 9.47 Å². The molecule has 0 aromatic carbocycles. The number of unbranched alkanes of at least 4 members (excludes halogenated alkanes) is 52. The normalized spacial score (nSPS) is 12.7. The van der Waals surface area contributed by atoms with Gasteiger partial charge in [-0.15, -0.1) is 0 Å². The van der Waals surface area contributed by atoms with Gasteiger partial charge in [-0.3, -0.25) is 9.59 Å². The van der Waals surface area contributed by atoms with Crippen molar-refractivity contribution in [1.82, 2.24) is 0 Å². The number of rotatable bonds is 76. The number of allylic oxidation sites excluding steroid dienone is 16. The minimum Gasteiger partial charge on any atom is -0.462 e. The van der Waals surface area contributed by atoms with E-state index in [1.54, 1.807) is 0 Å². The van der Waals surface area contributed by atoms with Crippen molar-refractivity contribution in [2.24, 2.45) is 0 Å². The molecule has 0 aliphatic rings. The maximum absolute atomic E-state index is 12.4. The van der Waals surface area contributed by atoms with Crippen LogP contribution in [0, 0.1) is 0 Å².